The Kier molecular flexibility index (Phi) is 8.06. The zero-order chi connectivity index (χ0) is 23.1. The van der Waals surface area contributed by atoms with Gasteiger partial charge >= 0.3 is 0 Å². The predicted molar refractivity (Wildman–Crippen MR) is 128 cm³/mol. The average Bonchev–Trinajstić information content (AvgIpc) is 2.78. The third-order valence-electron chi connectivity index (χ3n) is 4.86. The van der Waals surface area contributed by atoms with Gasteiger partial charge in [0.25, 0.3) is 5.91 Å². The van der Waals surface area contributed by atoms with Crippen LogP contribution in [-0.2, 0) is 14.8 Å². The van der Waals surface area contributed by atoms with Crippen LogP contribution in [0, 0.1) is 0 Å². The fourth-order valence-electron chi connectivity index (χ4n) is 3.12. The van der Waals surface area contributed by atoms with Crippen molar-refractivity contribution in [2.24, 2.45) is 0 Å². The Morgan fingerprint density at radius 2 is 1.56 bits per heavy atom. The van der Waals surface area contributed by atoms with Crippen molar-refractivity contribution in [1.82, 2.24) is 10.0 Å². The molecule has 3 rings (SSSR count). The third-order valence-corrected chi connectivity index (χ3v) is 6.91. The maximum absolute atomic E-state index is 12.7. The van der Waals surface area contributed by atoms with E-state index in [1.807, 2.05) is 61.5 Å². The summed E-state index contributed by atoms with van der Waals surface area (Å²) >= 11 is 3.42. The van der Waals surface area contributed by atoms with E-state index >= 15 is 0 Å². The summed E-state index contributed by atoms with van der Waals surface area (Å²) in [6.45, 7) is 3.51. The number of halogens is 1. The minimum absolute atomic E-state index is 0.125. The maximum atomic E-state index is 12.7. The molecule has 3 aromatic rings. The van der Waals surface area contributed by atoms with Crippen LogP contribution in [0.3, 0.4) is 0 Å². The number of rotatable bonds is 9. The van der Waals surface area contributed by atoms with Crippen LogP contribution in [0.1, 0.15) is 37.1 Å². The van der Waals surface area contributed by atoms with Gasteiger partial charge in [0.1, 0.15) is 5.75 Å². The van der Waals surface area contributed by atoms with Crippen LogP contribution in [0.2, 0.25) is 0 Å². The number of benzene rings is 3. The second kappa shape index (κ2) is 10.8. The van der Waals surface area contributed by atoms with Gasteiger partial charge in [-0.2, -0.15) is 0 Å². The lowest BCUT2D eigenvalue weighted by Gasteiger charge is -2.16. The highest BCUT2D eigenvalue weighted by molar-refractivity contribution is 9.10. The van der Waals surface area contributed by atoms with Crippen molar-refractivity contribution in [3.05, 3.63) is 94.5 Å². The summed E-state index contributed by atoms with van der Waals surface area (Å²) in [5.41, 5.74) is 1.85. The maximum Gasteiger partial charge on any atom is 0.258 e. The Hall–Kier alpha value is -2.68. The van der Waals surface area contributed by atoms with Gasteiger partial charge in [-0.1, -0.05) is 58.4 Å². The molecule has 0 aliphatic heterocycles. The van der Waals surface area contributed by atoms with E-state index in [-0.39, 0.29) is 29.5 Å². The first-order valence-corrected chi connectivity index (χ1v) is 12.4. The monoisotopic (exact) mass is 516 g/mol. The molecule has 0 unspecified atom stereocenters. The summed E-state index contributed by atoms with van der Waals surface area (Å²) in [5, 5.41) is 2.88. The molecule has 0 saturated carbocycles. The summed E-state index contributed by atoms with van der Waals surface area (Å²) in [6.07, 6.45) is 0. The van der Waals surface area contributed by atoms with E-state index in [1.165, 1.54) is 24.3 Å². The normalized spacial score (nSPS) is 13.2. The lowest BCUT2D eigenvalue weighted by Crippen LogP contribution is -2.31. The van der Waals surface area contributed by atoms with Crippen molar-refractivity contribution in [2.75, 3.05) is 6.61 Å². The highest BCUT2D eigenvalue weighted by atomic mass is 79.9. The smallest absolute Gasteiger partial charge is 0.258 e. The topological polar surface area (TPSA) is 84.5 Å². The van der Waals surface area contributed by atoms with Gasteiger partial charge in [-0.25, -0.2) is 13.1 Å². The summed E-state index contributed by atoms with van der Waals surface area (Å²) in [5.74, 6) is 0.137. The van der Waals surface area contributed by atoms with Gasteiger partial charge in [0.05, 0.1) is 10.9 Å². The molecule has 0 heterocycles. The van der Waals surface area contributed by atoms with E-state index in [1.54, 1.807) is 6.92 Å². The van der Waals surface area contributed by atoms with Crippen LogP contribution in [0.4, 0.5) is 0 Å². The lowest BCUT2D eigenvalue weighted by atomic mass is 10.1. The van der Waals surface area contributed by atoms with Crippen molar-refractivity contribution in [3.8, 4) is 5.75 Å². The average molecular weight is 517 g/mol. The molecule has 168 valence electrons. The van der Waals surface area contributed by atoms with Crippen LogP contribution in [0.15, 0.2) is 88.2 Å². The molecule has 1 amide bonds. The van der Waals surface area contributed by atoms with Gasteiger partial charge < -0.3 is 10.1 Å². The second-order valence-electron chi connectivity index (χ2n) is 7.36. The molecule has 32 heavy (non-hydrogen) atoms. The molecule has 2 atom stereocenters. The highest BCUT2D eigenvalue weighted by Gasteiger charge is 2.18. The molecule has 0 radical (unpaired) electrons. The number of carbonyl (C=O) groups excluding carboxylic acids is 1. The van der Waals surface area contributed by atoms with Gasteiger partial charge in [-0.15, -0.1) is 0 Å². The number of amides is 1. The fourth-order valence-corrected chi connectivity index (χ4v) is 4.77. The van der Waals surface area contributed by atoms with Crippen LogP contribution < -0.4 is 14.8 Å². The van der Waals surface area contributed by atoms with Gasteiger partial charge in [-0.05, 0) is 61.4 Å². The lowest BCUT2D eigenvalue weighted by molar-refractivity contribution is -0.123. The van der Waals surface area contributed by atoms with Crippen molar-refractivity contribution in [1.29, 1.82) is 0 Å². The molecule has 6 nitrogen and oxygen atoms in total. The standard InChI is InChI=1S/C24H25BrN2O4S/c1-17(20-9-6-10-21(25)15-20)26-24(28)16-31-22-11-13-23(14-12-22)32(29,30)27-18(2)19-7-4-3-5-8-19/h3-15,17-18,27H,16H2,1-2H3,(H,26,28)/t17-,18-/m1/s1. The molecule has 2 N–H and O–H groups in total. The second-order valence-corrected chi connectivity index (χ2v) is 9.99. The van der Waals surface area contributed by atoms with Gasteiger partial charge in [0.15, 0.2) is 6.61 Å². The Morgan fingerprint density at radius 3 is 2.22 bits per heavy atom. The number of ether oxygens (including phenoxy) is 1. The number of carbonyl (C=O) groups is 1. The Labute approximate surface area is 197 Å². The molecule has 0 bridgehead atoms. The first-order valence-electron chi connectivity index (χ1n) is 10.1. The van der Waals surface area contributed by atoms with E-state index < -0.39 is 10.0 Å². The van der Waals surface area contributed by atoms with Crippen LogP contribution in [0.5, 0.6) is 5.75 Å². The fraction of sp³-hybridized carbons (Fsp3) is 0.208. The van der Waals surface area contributed by atoms with E-state index in [0.29, 0.717) is 5.75 Å². The molecule has 0 fully saturated rings. The molecular formula is C24H25BrN2O4S. The minimum atomic E-state index is -3.69. The summed E-state index contributed by atoms with van der Waals surface area (Å²) in [7, 11) is -3.69. The van der Waals surface area contributed by atoms with Crippen LogP contribution >= 0.6 is 15.9 Å². The SMILES string of the molecule is C[C@@H](NC(=O)COc1ccc(S(=O)(=O)N[C@H](C)c2ccccc2)cc1)c1cccc(Br)c1. The largest absolute Gasteiger partial charge is 0.484 e. The quantitative estimate of drug-likeness (QED) is 0.429. The Morgan fingerprint density at radius 1 is 0.906 bits per heavy atom. The van der Waals surface area contributed by atoms with E-state index in [0.717, 1.165) is 15.6 Å². The van der Waals surface area contributed by atoms with Crippen molar-refractivity contribution in [2.45, 2.75) is 30.8 Å². The Bertz CT molecular complexity index is 1150. The van der Waals surface area contributed by atoms with E-state index in [2.05, 4.69) is 26.0 Å². The third kappa shape index (κ3) is 6.66. The predicted octanol–water partition coefficient (Wildman–Crippen LogP) is 4.74. The molecule has 0 aromatic heterocycles. The molecule has 0 spiro atoms. The first-order chi connectivity index (χ1) is 15.2. The number of hydrogen-bond donors (Lipinski definition) is 2. The number of sulfonamides is 1. The van der Waals surface area contributed by atoms with Crippen LogP contribution in [0.25, 0.3) is 0 Å². The zero-order valence-corrected chi connectivity index (χ0v) is 20.2. The molecule has 3 aromatic carbocycles. The molecule has 8 heteroatoms. The number of nitrogens with one attached hydrogen (secondary N) is 2. The van der Waals surface area contributed by atoms with Crippen molar-refractivity contribution in [3.63, 3.8) is 0 Å². The van der Waals surface area contributed by atoms with E-state index in [9.17, 15) is 13.2 Å². The van der Waals surface area contributed by atoms with Crippen molar-refractivity contribution >= 4 is 31.9 Å². The summed E-state index contributed by atoms with van der Waals surface area (Å²) in [6, 6.07) is 22.5. The zero-order valence-electron chi connectivity index (χ0n) is 17.8. The summed E-state index contributed by atoms with van der Waals surface area (Å²) < 4.78 is 34.4. The molecule has 0 aliphatic rings. The molecule has 0 aliphatic carbocycles. The summed E-state index contributed by atoms with van der Waals surface area (Å²) in [4.78, 5) is 12.3. The van der Waals surface area contributed by atoms with Gasteiger partial charge in [-0.3, -0.25) is 4.79 Å². The highest BCUT2D eigenvalue weighted by Crippen LogP contribution is 2.20. The van der Waals surface area contributed by atoms with Gasteiger partial charge in [0.2, 0.25) is 10.0 Å². The minimum Gasteiger partial charge on any atom is -0.484 e. The van der Waals surface area contributed by atoms with Crippen molar-refractivity contribution < 1.29 is 17.9 Å². The van der Waals surface area contributed by atoms with Gasteiger partial charge in [0, 0.05) is 10.5 Å². The van der Waals surface area contributed by atoms with Crippen LogP contribution in [-0.4, -0.2) is 20.9 Å². The Balaban J connectivity index is 1.54. The van der Waals surface area contributed by atoms with E-state index in [4.69, 9.17) is 4.74 Å². The first kappa shape index (κ1) is 24.0. The molecule has 0 saturated heterocycles. The number of hydrogen-bond acceptors (Lipinski definition) is 4. The molecular weight excluding hydrogens is 492 g/mol.